The Kier molecular flexibility index (Phi) is 4.83. The molecule has 7 heteroatoms. The highest BCUT2D eigenvalue weighted by Gasteiger charge is 2.16. The molecule has 0 bridgehead atoms. The van der Waals surface area contributed by atoms with E-state index in [9.17, 15) is 13.6 Å². The molecule has 2 heterocycles. The average Bonchev–Trinajstić information content (AvgIpc) is 3.07. The van der Waals surface area contributed by atoms with E-state index in [1.165, 1.54) is 6.07 Å². The fourth-order valence-corrected chi connectivity index (χ4v) is 2.43. The SMILES string of the molecule is CCn1nc(C(=O)NCc2cccnc2)cc1-c1ccc(F)c(F)c1. The zero-order valence-electron chi connectivity index (χ0n) is 13.5. The van der Waals surface area contributed by atoms with Gasteiger partial charge in [0, 0.05) is 31.0 Å². The van der Waals surface area contributed by atoms with Gasteiger partial charge < -0.3 is 5.32 Å². The van der Waals surface area contributed by atoms with Crippen LogP contribution in [0.15, 0.2) is 48.8 Å². The van der Waals surface area contributed by atoms with E-state index < -0.39 is 11.6 Å². The highest BCUT2D eigenvalue weighted by Crippen LogP contribution is 2.23. The Morgan fingerprint density at radius 1 is 1.20 bits per heavy atom. The summed E-state index contributed by atoms with van der Waals surface area (Å²) in [6.07, 6.45) is 3.32. The fraction of sp³-hybridized carbons (Fsp3) is 0.167. The van der Waals surface area contributed by atoms with Crippen LogP contribution >= 0.6 is 0 Å². The largest absolute Gasteiger partial charge is 0.347 e. The smallest absolute Gasteiger partial charge is 0.272 e. The van der Waals surface area contributed by atoms with Crippen molar-refractivity contribution in [3.63, 3.8) is 0 Å². The van der Waals surface area contributed by atoms with E-state index in [0.717, 1.165) is 17.7 Å². The Morgan fingerprint density at radius 2 is 2.04 bits per heavy atom. The molecule has 128 valence electrons. The molecule has 5 nitrogen and oxygen atoms in total. The van der Waals surface area contributed by atoms with Crippen LogP contribution in [-0.4, -0.2) is 20.7 Å². The third-order valence-electron chi connectivity index (χ3n) is 3.70. The van der Waals surface area contributed by atoms with Gasteiger partial charge in [-0.15, -0.1) is 0 Å². The Labute approximate surface area is 143 Å². The highest BCUT2D eigenvalue weighted by atomic mass is 19.2. The predicted octanol–water partition coefficient (Wildman–Crippen LogP) is 3.17. The highest BCUT2D eigenvalue weighted by molar-refractivity contribution is 5.93. The van der Waals surface area contributed by atoms with Crippen LogP contribution in [0.2, 0.25) is 0 Å². The lowest BCUT2D eigenvalue weighted by Crippen LogP contribution is -2.23. The topological polar surface area (TPSA) is 59.8 Å². The van der Waals surface area contributed by atoms with E-state index in [0.29, 0.717) is 24.3 Å². The maximum Gasteiger partial charge on any atom is 0.272 e. The Balaban J connectivity index is 1.82. The van der Waals surface area contributed by atoms with E-state index in [1.54, 1.807) is 29.2 Å². The van der Waals surface area contributed by atoms with Gasteiger partial charge >= 0.3 is 0 Å². The molecule has 0 unspecified atom stereocenters. The van der Waals surface area contributed by atoms with Crippen molar-refractivity contribution in [1.29, 1.82) is 0 Å². The van der Waals surface area contributed by atoms with E-state index in [-0.39, 0.29) is 11.6 Å². The van der Waals surface area contributed by atoms with Crippen molar-refractivity contribution in [3.05, 3.63) is 71.7 Å². The molecule has 0 atom stereocenters. The van der Waals surface area contributed by atoms with Crippen LogP contribution in [-0.2, 0) is 13.1 Å². The van der Waals surface area contributed by atoms with Gasteiger partial charge in [-0.05, 0) is 42.8 Å². The van der Waals surface area contributed by atoms with Crippen LogP contribution in [0.5, 0.6) is 0 Å². The average molecular weight is 342 g/mol. The van der Waals surface area contributed by atoms with Crippen LogP contribution in [0.1, 0.15) is 23.0 Å². The van der Waals surface area contributed by atoms with Crippen LogP contribution < -0.4 is 5.32 Å². The van der Waals surface area contributed by atoms with Crippen molar-refractivity contribution in [2.45, 2.75) is 20.0 Å². The van der Waals surface area contributed by atoms with Crippen molar-refractivity contribution in [2.75, 3.05) is 0 Å². The molecule has 0 fully saturated rings. The standard InChI is InChI=1S/C18H16F2N4O/c1-2-24-17(13-5-6-14(19)15(20)8-13)9-16(23-24)18(25)22-11-12-4-3-7-21-10-12/h3-10H,2,11H2,1H3,(H,22,25). The zero-order chi connectivity index (χ0) is 17.8. The van der Waals surface area contributed by atoms with Crippen LogP contribution in [0.25, 0.3) is 11.3 Å². The third-order valence-corrected chi connectivity index (χ3v) is 3.70. The summed E-state index contributed by atoms with van der Waals surface area (Å²) < 4.78 is 28.2. The molecule has 1 aromatic carbocycles. The minimum Gasteiger partial charge on any atom is -0.347 e. The number of pyridine rings is 1. The number of carbonyl (C=O) groups excluding carboxylic acids is 1. The van der Waals surface area contributed by atoms with Gasteiger partial charge in [0.15, 0.2) is 17.3 Å². The lowest BCUT2D eigenvalue weighted by Gasteiger charge is -2.04. The number of hydrogen-bond donors (Lipinski definition) is 1. The number of benzene rings is 1. The van der Waals surface area contributed by atoms with E-state index in [2.05, 4.69) is 15.4 Å². The van der Waals surface area contributed by atoms with Crippen molar-refractivity contribution in [2.24, 2.45) is 0 Å². The number of halogens is 2. The Hall–Kier alpha value is -3.09. The lowest BCUT2D eigenvalue weighted by molar-refractivity contribution is 0.0945. The zero-order valence-corrected chi connectivity index (χ0v) is 13.5. The second-order valence-electron chi connectivity index (χ2n) is 5.40. The summed E-state index contributed by atoms with van der Waals surface area (Å²) in [5, 5.41) is 7.01. The van der Waals surface area contributed by atoms with Gasteiger partial charge in [0.1, 0.15) is 0 Å². The number of rotatable bonds is 5. The number of aryl methyl sites for hydroxylation is 1. The number of nitrogens with zero attached hydrogens (tertiary/aromatic N) is 3. The van der Waals surface area contributed by atoms with Crippen LogP contribution in [0.3, 0.4) is 0 Å². The third kappa shape index (κ3) is 3.71. The van der Waals surface area contributed by atoms with Crippen molar-refractivity contribution in [3.8, 4) is 11.3 Å². The van der Waals surface area contributed by atoms with Gasteiger partial charge in [-0.2, -0.15) is 5.10 Å². The van der Waals surface area contributed by atoms with Gasteiger partial charge in [0.2, 0.25) is 0 Å². The first kappa shape index (κ1) is 16.8. The normalized spacial score (nSPS) is 10.7. The first-order valence-corrected chi connectivity index (χ1v) is 7.79. The van der Waals surface area contributed by atoms with Crippen molar-refractivity contribution in [1.82, 2.24) is 20.1 Å². The number of hydrogen-bond acceptors (Lipinski definition) is 3. The minimum absolute atomic E-state index is 0.213. The number of aromatic nitrogens is 3. The molecular formula is C18H16F2N4O. The molecule has 0 saturated carbocycles. The van der Waals surface area contributed by atoms with Gasteiger partial charge in [0.05, 0.1) is 5.69 Å². The summed E-state index contributed by atoms with van der Waals surface area (Å²) in [4.78, 5) is 16.3. The van der Waals surface area contributed by atoms with Gasteiger partial charge in [-0.25, -0.2) is 8.78 Å². The molecule has 0 radical (unpaired) electrons. The maximum atomic E-state index is 13.5. The minimum atomic E-state index is -0.941. The predicted molar refractivity (Wildman–Crippen MR) is 88.7 cm³/mol. The van der Waals surface area contributed by atoms with Crippen LogP contribution in [0, 0.1) is 11.6 Å². The molecular weight excluding hydrogens is 326 g/mol. The second kappa shape index (κ2) is 7.21. The second-order valence-corrected chi connectivity index (χ2v) is 5.40. The summed E-state index contributed by atoms with van der Waals surface area (Å²) >= 11 is 0. The first-order chi connectivity index (χ1) is 12.1. The van der Waals surface area contributed by atoms with Gasteiger partial charge in [-0.1, -0.05) is 6.07 Å². The molecule has 0 spiro atoms. The van der Waals surface area contributed by atoms with Gasteiger partial charge in [0.25, 0.3) is 5.91 Å². The van der Waals surface area contributed by atoms with Gasteiger partial charge in [-0.3, -0.25) is 14.5 Å². The number of amides is 1. The fourth-order valence-electron chi connectivity index (χ4n) is 2.43. The molecule has 0 aliphatic rings. The molecule has 0 aliphatic heterocycles. The lowest BCUT2D eigenvalue weighted by atomic mass is 10.1. The van der Waals surface area contributed by atoms with E-state index >= 15 is 0 Å². The molecule has 25 heavy (non-hydrogen) atoms. The summed E-state index contributed by atoms with van der Waals surface area (Å²) in [6.45, 7) is 2.67. The Bertz CT molecular complexity index is 893. The number of nitrogens with one attached hydrogen (secondary N) is 1. The molecule has 3 rings (SSSR count). The van der Waals surface area contributed by atoms with E-state index in [1.807, 2.05) is 13.0 Å². The molecule has 1 amide bonds. The van der Waals surface area contributed by atoms with Crippen molar-refractivity contribution < 1.29 is 13.6 Å². The summed E-state index contributed by atoms with van der Waals surface area (Å²) in [7, 11) is 0. The summed E-state index contributed by atoms with van der Waals surface area (Å²) in [5.41, 5.74) is 2.09. The van der Waals surface area contributed by atoms with Crippen LogP contribution in [0.4, 0.5) is 8.78 Å². The molecule has 1 N–H and O–H groups in total. The molecule has 3 aromatic rings. The quantitative estimate of drug-likeness (QED) is 0.775. The first-order valence-electron chi connectivity index (χ1n) is 7.79. The molecule has 0 saturated heterocycles. The number of carbonyl (C=O) groups is 1. The van der Waals surface area contributed by atoms with E-state index in [4.69, 9.17) is 0 Å². The summed E-state index contributed by atoms with van der Waals surface area (Å²) in [5.74, 6) is -2.20. The maximum absolute atomic E-state index is 13.5. The van der Waals surface area contributed by atoms with Crippen molar-refractivity contribution >= 4 is 5.91 Å². The Morgan fingerprint density at radius 3 is 2.72 bits per heavy atom. The summed E-state index contributed by atoms with van der Waals surface area (Å²) in [6, 6.07) is 8.81. The monoisotopic (exact) mass is 342 g/mol. The molecule has 2 aromatic heterocycles. The molecule has 0 aliphatic carbocycles.